The molecule has 8 nitrogen and oxygen atoms in total. The molecule has 1 aromatic rings. The predicted molar refractivity (Wildman–Crippen MR) is 90.4 cm³/mol. The molecule has 1 atom stereocenters. The number of anilines is 1. The Morgan fingerprint density at radius 3 is 2.67 bits per heavy atom. The summed E-state index contributed by atoms with van der Waals surface area (Å²) < 4.78 is 39.9. The molecular formula is C16H15F3N6O2. The molecule has 3 N–H and O–H groups in total. The third kappa shape index (κ3) is 2.88. The number of rotatable bonds is 1. The van der Waals surface area contributed by atoms with E-state index < -0.39 is 23.0 Å². The molecule has 0 saturated carbocycles. The summed E-state index contributed by atoms with van der Waals surface area (Å²) in [5.41, 5.74) is -2.85. The van der Waals surface area contributed by atoms with Crippen molar-refractivity contribution in [3.63, 3.8) is 0 Å². The van der Waals surface area contributed by atoms with Gasteiger partial charge in [0.15, 0.2) is 11.4 Å². The Kier molecular flexibility index (Phi) is 3.95. The van der Waals surface area contributed by atoms with E-state index in [1.54, 1.807) is 6.92 Å². The third-order valence-electron chi connectivity index (χ3n) is 4.30. The molecular weight excluding hydrogens is 365 g/mol. The van der Waals surface area contributed by atoms with Crippen molar-refractivity contribution in [3.05, 3.63) is 51.4 Å². The number of allylic oxidation sites excluding steroid dienone is 1. The van der Waals surface area contributed by atoms with Gasteiger partial charge >= 0.3 is 6.18 Å². The molecule has 3 rings (SSSR count). The van der Waals surface area contributed by atoms with Crippen LogP contribution in [0, 0.1) is 11.3 Å². The first-order valence-electron chi connectivity index (χ1n) is 7.68. The van der Waals surface area contributed by atoms with Gasteiger partial charge in [-0.3, -0.25) is 4.79 Å². The van der Waals surface area contributed by atoms with E-state index in [1.807, 2.05) is 6.07 Å². The van der Waals surface area contributed by atoms with Crippen LogP contribution >= 0.6 is 0 Å². The van der Waals surface area contributed by atoms with E-state index in [-0.39, 0.29) is 23.0 Å². The second-order valence-corrected chi connectivity index (χ2v) is 6.26. The van der Waals surface area contributed by atoms with Gasteiger partial charge in [-0.25, -0.2) is 4.99 Å². The van der Waals surface area contributed by atoms with Gasteiger partial charge < -0.3 is 25.2 Å². The first kappa shape index (κ1) is 18.4. The minimum Gasteiger partial charge on any atom is -0.505 e. The minimum atomic E-state index is -4.63. The zero-order chi connectivity index (χ0) is 20.1. The number of aromatic nitrogens is 1. The van der Waals surface area contributed by atoms with Gasteiger partial charge in [0.1, 0.15) is 17.3 Å². The van der Waals surface area contributed by atoms with Crippen LogP contribution in [0.1, 0.15) is 12.5 Å². The molecule has 2 aliphatic rings. The summed E-state index contributed by atoms with van der Waals surface area (Å²) in [6, 6.07) is 2.58. The van der Waals surface area contributed by atoms with Crippen molar-refractivity contribution >= 4 is 11.6 Å². The Morgan fingerprint density at radius 2 is 2.07 bits per heavy atom. The highest BCUT2D eigenvalue weighted by molar-refractivity contribution is 5.97. The van der Waals surface area contributed by atoms with Crippen LogP contribution in [0.15, 0.2) is 45.3 Å². The third-order valence-corrected chi connectivity index (χ3v) is 4.30. The van der Waals surface area contributed by atoms with Crippen molar-refractivity contribution in [3.8, 4) is 6.07 Å². The van der Waals surface area contributed by atoms with E-state index in [0.29, 0.717) is 18.0 Å². The Balaban J connectivity index is 2.05. The van der Waals surface area contributed by atoms with Gasteiger partial charge in [-0.1, -0.05) is 0 Å². The average Bonchev–Trinajstić information content (AvgIpc) is 2.82. The van der Waals surface area contributed by atoms with Crippen LogP contribution in [0.4, 0.5) is 18.9 Å². The van der Waals surface area contributed by atoms with Crippen molar-refractivity contribution in [2.45, 2.75) is 18.8 Å². The lowest BCUT2D eigenvalue weighted by Crippen LogP contribution is -2.43. The number of aliphatic hydroxyl groups excluding tert-OH is 1. The van der Waals surface area contributed by atoms with Crippen LogP contribution in [-0.4, -0.2) is 33.2 Å². The summed E-state index contributed by atoms with van der Waals surface area (Å²) in [4.78, 5) is 18.0. The molecule has 0 spiro atoms. The van der Waals surface area contributed by atoms with E-state index in [0.717, 1.165) is 4.57 Å². The number of aryl methyl sites for hydroxylation is 1. The van der Waals surface area contributed by atoms with Gasteiger partial charge in [-0.2, -0.15) is 18.4 Å². The molecule has 2 aliphatic heterocycles. The van der Waals surface area contributed by atoms with E-state index in [1.165, 1.54) is 25.2 Å². The number of halogens is 3. The second-order valence-electron chi connectivity index (χ2n) is 6.26. The highest BCUT2D eigenvalue weighted by Crippen LogP contribution is 2.36. The number of aliphatic imine (C=N–C) groups is 1. The first-order chi connectivity index (χ1) is 12.5. The Hall–Kier alpha value is -3.42. The molecule has 11 heteroatoms. The lowest BCUT2D eigenvalue weighted by molar-refractivity contribution is -0.138. The zero-order valence-corrected chi connectivity index (χ0v) is 14.5. The fourth-order valence-corrected chi connectivity index (χ4v) is 2.99. The second kappa shape index (κ2) is 5.80. The number of nitriles is 1. The maximum Gasteiger partial charge on any atom is 0.417 e. The molecule has 0 aromatic carbocycles. The molecule has 0 fully saturated rings. The van der Waals surface area contributed by atoms with Crippen molar-refractivity contribution in [2.24, 2.45) is 12.0 Å². The number of aliphatic hydroxyl groups is 1. The number of likely N-dealkylation sites (N-methyl/N-ethyl adjacent to an activating group) is 1. The van der Waals surface area contributed by atoms with E-state index in [2.05, 4.69) is 15.6 Å². The van der Waals surface area contributed by atoms with Crippen LogP contribution < -0.4 is 16.2 Å². The fourth-order valence-electron chi connectivity index (χ4n) is 2.99. The van der Waals surface area contributed by atoms with Crippen LogP contribution in [0.2, 0.25) is 0 Å². The van der Waals surface area contributed by atoms with Gasteiger partial charge in [0.05, 0.1) is 11.3 Å². The topological polar surface area (TPSA) is 106 Å². The van der Waals surface area contributed by atoms with Gasteiger partial charge in [0.25, 0.3) is 5.56 Å². The van der Waals surface area contributed by atoms with E-state index in [9.17, 15) is 28.3 Å². The van der Waals surface area contributed by atoms with Crippen molar-refractivity contribution in [2.75, 3.05) is 12.4 Å². The Labute approximate surface area is 151 Å². The summed E-state index contributed by atoms with van der Waals surface area (Å²) in [6.45, 7) is 1.62. The lowest BCUT2D eigenvalue weighted by atomic mass is 10.00. The molecule has 0 bridgehead atoms. The summed E-state index contributed by atoms with van der Waals surface area (Å²) in [5, 5.41) is 24.6. The SMILES string of the molecule is CN1C(Nc2cc(C(F)(F)F)cn(C)c2=O)=NC2(C)NC=C(O)C(C#N)=C12. The summed E-state index contributed by atoms with van der Waals surface area (Å²) >= 11 is 0. The Bertz CT molecular complexity index is 1010. The first-order valence-corrected chi connectivity index (χ1v) is 7.68. The zero-order valence-electron chi connectivity index (χ0n) is 14.5. The van der Waals surface area contributed by atoms with Crippen LogP contribution in [0.3, 0.4) is 0 Å². The molecule has 0 saturated heterocycles. The highest BCUT2D eigenvalue weighted by Gasteiger charge is 2.44. The highest BCUT2D eigenvalue weighted by atomic mass is 19.4. The van der Waals surface area contributed by atoms with Gasteiger partial charge in [-0.15, -0.1) is 0 Å². The molecule has 0 amide bonds. The molecule has 27 heavy (non-hydrogen) atoms. The summed E-state index contributed by atoms with van der Waals surface area (Å²) in [6.07, 6.45) is -2.71. The monoisotopic (exact) mass is 380 g/mol. The lowest BCUT2D eigenvalue weighted by Gasteiger charge is -2.30. The number of guanidine groups is 1. The predicted octanol–water partition coefficient (Wildman–Crippen LogP) is 1.61. The number of alkyl halides is 3. The van der Waals surface area contributed by atoms with Crippen molar-refractivity contribution < 1.29 is 18.3 Å². The molecule has 1 unspecified atom stereocenters. The van der Waals surface area contributed by atoms with E-state index >= 15 is 0 Å². The summed E-state index contributed by atoms with van der Waals surface area (Å²) in [5.74, 6) is -0.240. The van der Waals surface area contributed by atoms with Crippen LogP contribution in [-0.2, 0) is 13.2 Å². The molecule has 142 valence electrons. The normalized spacial score (nSPS) is 21.9. The number of hydrogen-bond donors (Lipinski definition) is 3. The van der Waals surface area contributed by atoms with Crippen molar-refractivity contribution in [1.29, 1.82) is 5.26 Å². The van der Waals surface area contributed by atoms with E-state index in [4.69, 9.17) is 0 Å². The van der Waals surface area contributed by atoms with Crippen LogP contribution in [0.25, 0.3) is 0 Å². The largest absolute Gasteiger partial charge is 0.505 e. The molecule has 0 aliphatic carbocycles. The number of pyridine rings is 1. The number of fused-ring (bicyclic) bond motifs is 1. The quantitative estimate of drug-likeness (QED) is 0.684. The number of dihydropyridines is 1. The van der Waals surface area contributed by atoms with Gasteiger partial charge in [-0.05, 0) is 13.0 Å². The maximum absolute atomic E-state index is 13.0. The van der Waals surface area contributed by atoms with Gasteiger partial charge in [0.2, 0.25) is 5.96 Å². The van der Waals surface area contributed by atoms with Gasteiger partial charge in [0, 0.05) is 26.5 Å². The standard InChI is InChI=1S/C16H15F3N6O2/c1-15-12(9(5-20)11(26)6-21-15)25(3)14(23-15)22-10-4-8(16(17,18)19)7-24(2)13(10)27/h4,6-7,21,26H,1-3H3,(H,22,23). The summed E-state index contributed by atoms with van der Waals surface area (Å²) in [7, 11) is 2.73. The Morgan fingerprint density at radius 1 is 1.41 bits per heavy atom. The molecule has 3 heterocycles. The maximum atomic E-state index is 13.0. The van der Waals surface area contributed by atoms with Crippen LogP contribution in [0.5, 0.6) is 0 Å². The smallest absolute Gasteiger partial charge is 0.417 e. The minimum absolute atomic E-state index is 0.0313. The molecule has 0 radical (unpaired) electrons. The fraction of sp³-hybridized carbons (Fsp3) is 0.312. The van der Waals surface area contributed by atoms with Crippen molar-refractivity contribution in [1.82, 2.24) is 14.8 Å². The number of hydrogen-bond acceptors (Lipinski definition) is 7. The number of nitrogens with zero attached hydrogens (tertiary/aromatic N) is 4. The molecule has 1 aromatic heterocycles. The average molecular weight is 380 g/mol. The number of nitrogens with one attached hydrogen (secondary N) is 2.